The van der Waals surface area contributed by atoms with Gasteiger partial charge in [-0.1, -0.05) is 25.5 Å². The first-order chi connectivity index (χ1) is 5.75. The molecule has 1 fully saturated rings. The van der Waals surface area contributed by atoms with E-state index in [2.05, 4.69) is 13.0 Å². The molecule has 68 valence electrons. The summed E-state index contributed by atoms with van der Waals surface area (Å²) in [5.41, 5.74) is -0.0213. The van der Waals surface area contributed by atoms with Crippen molar-refractivity contribution in [2.45, 2.75) is 39.5 Å². The van der Waals surface area contributed by atoms with E-state index >= 15 is 0 Å². The summed E-state index contributed by atoms with van der Waals surface area (Å²) in [7, 11) is 0. The Balaban J connectivity index is 2.67. The van der Waals surface area contributed by atoms with E-state index in [-0.39, 0.29) is 5.41 Å². The van der Waals surface area contributed by atoms with Crippen LogP contribution in [0, 0.1) is 11.3 Å². The summed E-state index contributed by atoms with van der Waals surface area (Å²) < 4.78 is 0. The lowest BCUT2D eigenvalue weighted by atomic mass is 9.77. The summed E-state index contributed by atoms with van der Waals surface area (Å²) in [6, 6.07) is 0. The lowest BCUT2D eigenvalue weighted by molar-refractivity contribution is -0.117. The molecule has 2 atom stereocenters. The zero-order valence-electron chi connectivity index (χ0n) is 8.05. The molecule has 1 aliphatic rings. The number of hydrogen-bond donors (Lipinski definition) is 0. The largest absolute Gasteiger partial charge is 0.303 e. The Morgan fingerprint density at radius 3 is 2.75 bits per heavy atom. The molecule has 12 heavy (non-hydrogen) atoms. The maximum atomic E-state index is 11.0. The molecule has 1 saturated carbocycles. The lowest BCUT2D eigenvalue weighted by Gasteiger charge is -2.25. The lowest BCUT2D eigenvalue weighted by Crippen LogP contribution is -2.24. The van der Waals surface area contributed by atoms with Crippen LogP contribution >= 0.6 is 0 Å². The van der Waals surface area contributed by atoms with Crippen molar-refractivity contribution in [2.24, 2.45) is 11.3 Å². The fraction of sp³-hybridized carbons (Fsp3) is 0.727. The van der Waals surface area contributed by atoms with E-state index in [1.165, 1.54) is 19.1 Å². The fourth-order valence-corrected chi connectivity index (χ4v) is 2.13. The standard InChI is InChI=1S/C11H18O/c1-3-4-7-11(9-12)8-5-6-10(11)2/h3-4,9-10H,5-8H2,1-2H3/b4-3+. The van der Waals surface area contributed by atoms with Crippen LogP contribution < -0.4 is 0 Å². The van der Waals surface area contributed by atoms with Gasteiger partial charge in [-0.25, -0.2) is 0 Å². The minimum Gasteiger partial charge on any atom is -0.303 e. The Bertz CT molecular complexity index is 183. The van der Waals surface area contributed by atoms with Gasteiger partial charge in [0.2, 0.25) is 0 Å². The Morgan fingerprint density at radius 2 is 2.33 bits per heavy atom. The third-order valence-corrected chi connectivity index (χ3v) is 3.23. The zero-order chi connectivity index (χ0) is 9.03. The fourth-order valence-electron chi connectivity index (χ4n) is 2.13. The van der Waals surface area contributed by atoms with Gasteiger partial charge >= 0.3 is 0 Å². The predicted octanol–water partition coefficient (Wildman–Crippen LogP) is 2.96. The number of carbonyl (C=O) groups is 1. The van der Waals surface area contributed by atoms with E-state index in [0.717, 1.165) is 12.8 Å². The summed E-state index contributed by atoms with van der Waals surface area (Å²) in [6.07, 6.45) is 9.81. The molecule has 0 radical (unpaired) electrons. The topological polar surface area (TPSA) is 17.1 Å². The minimum absolute atomic E-state index is 0.0213. The van der Waals surface area contributed by atoms with E-state index < -0.39 is 0 Å². The molecule has 0 spiro atoms. The van der Waals surface area contributed by atoms with Gasteiger partial charge in [-0.3, -0.25) is 0 Å². The van der Waals surface area contributed by atoms with Crippen molar-refractivity contribution < 1.29 is 4.79 Å². The maximum absolute atomic E-state index is 11.0. The van der Waals surface area contributed by atoms with Crippen LogP contribution in [0.25, 0.3) is 0 Å². The van der Waals surface area contributed by atoms with Gasteiger partial charge in [-0.05, 0) is 32.1 Å². The number of aldehydes is 1. The number of hydrogen-bond acceptors (Lipinski definition) is 1. The number of carbonyl (C=O) groups excluding carboxylic acids is 1. The molecule has 1 aliphatic carbocycles. The van der Waals surface area contributed by atoms with Crippen LogP contribution in [-0.4, -0.2) is 6.29 Å². The van der Waals surface area contributed by atoms with E-state index in [4.69, 9.17) is 0 Å². The van der Waals surface area contributed by atoms with Crippen molar-refractivity contribution in [3.8, 4) is 0 Å². The van der Waals surface area contributed by atoms with Gasteiger partial charge < -0.3 is 4.79 Å². The molecule has 1 nitrogen and oxygen atoms in total. The van der Waals surface area contributed by atoms with Crippen molar-refractivity contribution in [3.05, 3.63) is 12.2 Å². The van der Waals surface area contributed by atoms with Gasteiger partial charge in [-0.15, -0.1) is 0 Å². The highest BCUT2D eigenvalue weighted by atomic mass is 16.1. The Morgan fingerprint density at radius 1 is 1.58 bits per heavy atom. The first kappa shape index (κ1) is 9.50. The smallest absolute Gasteiger partial charge is 0.126 e. The summed E-state index contributed by atoms with van der Waals surface area (Å²) >= 11 is 0. The molecule has 0 aromatic rings. The quantitative estimate of drug-likeness (QED) is 0.465. The van der Waals surface area contributed by atoms with Gasteiger partial charge in [0.15, 0.2) is 0 Å². The Kier molecular flexibility index (Phi) is 3.07. The molecule has 0 N–H and O–H groups in total. The second-order valence-electron chi connectivity index (χ2n) is 3.92. The van der Waals surface area contributed by atoms with Crippen LogP contribution in [0.3, 0.4) is 0 Å². The van der Waals surface area contributed by atoms with Crippen LogP contribution in [0.1, 0.15) is 39.5 Å². The predicted molar refractivity (Wildman–Crippen MR) is 50.9 cm³/mol. The van der Waals surface area contributed by atoms with Crippen molar-refractivity contribution >= 4 is 6.29 Å². The second-order valence-corrected chi connectivity index (χ2v) is 3.92. The van der Waals surface area contributed by atoms with Crippen molar-refractivity contribution in [2.75, 3.05) is 0 Å². The van der Waals surface area contributed by atoms with Gasteiger partial charge in [0, 0.05) is 5.41 Å². The average molecular weight is 166 g/mol. The van der Waals surface area contributed by atoms with Gasteiger partial charge in [-0.2, -0.15) is 0 Å². The molecular weight excluding hydrogens is 148 g/mol. The number of rotatable bonds is 3. The van der Waals surface area contributed by atoms with Crippen LogP contribution in [-0.2, 0) is 4.79 Å². The normalized spacial score (nSPS) is 36.0. The molecule has 0 saturated heterocycles. The summed E-state index contributed by atoms with van der Waals surface area (Å²) in [5, 5.41) is 0. The third-order valence-electron chi connectivity index (χ3n) is 3.23. The van der Waals surface area contributed by atoms with E-state index in [0.29, 0.717) is 5.92 Å². The number of allylic oxidation sites excluding steroid dienone is 2. The minimum atomic E-state index is -0.0213. The van der Waals surface area contributed by atoms with Crippen molar-refractivity contribution in [1.82, 2.24) is 0 Å². The third kappa shape index (κ3) is 1.60. The highest BCUT2D eigenvalue weighted by Crippen LogP contribution is 2.44. The van der Waals surface area contributed by atoms with Crippen molar-refractivity contribution in [3.63, 3.8) is 0 Å². The zero-order valence-corrected chi connectivity index (χ0v) is 8.05. The Hall–Kier alpha value is -0.590. The molecule has 0 amide bonds. The van der Waals surface area contributed by atoms with Crippen LogP contribution in [0.4, 0.5) is 0 Å². The van der Waals surface area contributed by atoms with E-state index in [1.807, 2.05) is 13.0 Å². The second kappa shape index (κ2) is 3.88. The SMILES string of the molecule is C/C=C/CC1(C=O)CCCC1C. The summed E-state index contributed by atoms with van der Waals surface area (Å²) in [4.78, 5) is 11.0. The first-order valence-corrected chi connectivity index (χ1v) is 4.82. The van der Waals surface area contributed by atoms with E-state index in [1.54, 1.807) is 0 Å². The van der Waals surface area contributed by atoms with Gasteiger partial charge in [0.05, 0.1) is 0 Å². The van der Waals surface area contributed by atoms with Crippen LogP contribution in [0.2, 0.25) is 0 Å². The van der Waals surface area contributed by atoms with Gasteiger partial charge in [0.25, 0.3) is 0 Å². The molecule has 2 unspecified atom stereocenters. The summed E-state index contributed by atoms with van der Waals surface area (Å²) in [5.74, 6) is 0.575. The average Bonchev–Trinajstić information content (AvgIpc) is 2.45. The Labute approximate surface area is 74.9 Å². The van der Waals surface area contributed by atoms with Gasteiger partial charge in [0.1, 0.15) is 6.29 Å². The molecule has 0 aliphatic heterocycles. The van der Waals surface area contributed by atoms with E-state index in [9.17, 15) is 4.79 Å². The van der Waals surface area contributed by atoms with Crippen molar-refractivity contribution in [1.29, 1.82) is 0 Å². The maximum Gasteiger partial charge on any atom is 0.126 e. The molecular formula is C11H18O. The first-order valence-electron chi connectivity index (χ1n) is 4.82. The highest BCUT2D eigenvalue weighted by Gasteiger charge is 2.38. The molecule has 0 aromatic heterocycles. The summed E-state index contributed by atoms with van der Waals surface area (Å²) in [6.45, 7) is 4.21. The van der Waals surface area contributed by atoms with Crippen LogP contribution in [0.15, 0.2) is 12.2 Å². The molecule has 0 bridgehead atoms. The molecule has 0 aromatic carbocycles. The molecule has 1 rings (SSSR count). The molecule has 0 heterocycles. The molecule has 1 heteroatoms. The highest BCUT2D eigenvalue weighted by molar-refractivity contribution is 5.61. The monoisotopic (exact) mass is 166 g/mol. The van der Waals surface area contributed by atoms with Crippen LogP contribution in [0.5, 0.6) is 0 Å².